The van der Waals surface area contributed by atoms with E-state index in [0.717, 1.165) is 5.56 Å². The summed E-state index contributed by atoms with van der Waals surface area (Å²) in [5.41, 5.74) is 0.826. The van der Waals surface area contributed by atoms with Gasteiger partial charge in [-0.2, -0.15) is 0 Å². The van der Waals surface area contributed by atoms with E-state index in [1.54, 1.807) is 0 Å². The van der Waals surface area contributed by atoms with Gasteiger partial charge in [0.25, 0.3) is 0 Å². The SMILES string of the molecule is COC(=O)[C@@H]1CCC(=O)NCCCC[C@H](NC(=O)OCc2ccccc2)C(=O)N1. The number of hydrogen-bond acceptors (Lipinski definition) is 6. The molecule has 9 nitrogen and oxygen atoms in total. The topological polar surface area (TPSA) is 123 Å². The van der Waals surface area contributed by atoms with E-state index in [2.05, 4.69) is 16.0 Å². The summed E-state index contributed by atoms with van der Waals surface area (Å²) in [5.74, 6) is -1.35. The highest BCUT2D eigenvalue weighted by Crippen LogP contribution is 2.08. The molecule has 0 bridgehead atoms. The fourth-order valence-electron chi connectivity index (χ4n) is 2.90. The highest BCUT2D eigenvalue weighted by Gasteiger charge is 2.28. The van der Waals surface area contributed by atoms with Crippen molar-refractivity contribution in [2.24, 2.45) is 0 Å². The molecule has 1 aromatic carbocycles. The molecule has 0 radical (unpaired) electrons. The van der Waals surface area contributed by atoms with Crippen LogP contribution in [0.5, 0.6) is 0 Å². The number of hydrogen-bond donors (Lipinski definition) is 3. The number of amides is 3. The Morgan fingerprint density at radius 1 is 1.14 bits per heavy atom. The van der Waals surface area contributed by atoms with Crippen molar-refractivity contribution >= 4 is 23.9 Å². The van der Waals surface area contributed by atoms with E-state index >= 15 is 0 Å². The van der Waals surface area contributed by atoms with E-state index in [1.807, 2.05) is 30.3 Å². The number of esters is 1. The van der Waals surface area contributed by atoms with Crippen LogP contribution in [0.3, 0.4) is 0 Å². The largest absolute Gasteiger partial charge is 0.467 e. The van der Waals surface area contributed by atoms with Gasteiger partial charge in [0.15, 0.2) is 0 Å². The summed E-state index contributed by atoms with van der Waals surface area (Å²) in [7, 11) is 1.21. The van der Waals surface area contributed by atoms with Crippen LogP contribution >= 0.6 is 0 Å². The Hall–Kier alpha value is -3.10. The molecule has 1 saturated heterocycles. The van der Waals surface area contributed by atoms with Crippen molar-refractivity contribution in [2.75, 3.05) is 13.7 Å². The number of benzene rings is 1. The van der Waals surface area contributed by atoms with E-state index in [1.165, 1.54) is 7.11 Å². The number of nitrogens with one attached hydrogen (secondary N) is 3. The lowest BCUT2D eigenvalue weighted by molar-refractivity contribution is -0.145. The predicted octanol–water partition coefficient (Wildman–Crippen LogP) is 1.02. The number of ether oxygens (including phenoxy) is 2. The maximum Gasteiger partial charge on any atom is 0.408 e. The molecule has 3 N–H and O–H groups in total. The Labute approximate surface area is 169 Å². The third-order valence-electron chi connectivity index (χ3n) is 4.53. The summed E-state index contributed by atoms with van der Waals surface area (Å²) >= 11 is 0. The first-order valence-corrected chi connectivity index (χ1v) is 9.61. The number of carbonyl (C=O) groups is 4. The first-order valence-electron chi connectivity index (χ1n) is 9.61. The molecule has 158 valence electrons. The van der Waals surface area contributed by atoms with Gasteiger partial charge in [0.2, 0.25) is 11.8 Å². The maximum atomic E-state index is 12.7. The average molecular weight is 405 g/mol. The van der Waals surface area contributed by atoms with E-state index < -0.39 is 30.1 Å². The number of carbonyl (C=O) groups excluding carboxylic acids is 4. The molecule has 1 aliphatic heterocycles. The molecule has 2 rings (SSSR count). The van der Waals surface area contributed by atoms with E-state index in [9.17, 15) is 19.2 Å². The zero-order valence-corrected chi connectivity index (χ0v) is 16.4. The normalized spacial score (nSPS) is 20.9. The number of methoxy groups -OCH3 is 1. The van der Waals surface area contributed by atoms with Gasteiger partial charge in [-0.25, -0.2) is 9.59 Å². The van der Waals surface area contributed by atoms with Gasteiger partial charge in [0.05, 0.1) is 7.11 Å². The van der Waals surface area contributed by atoms with Crippen LogP contribution in [-0.2, 0) is 30.5 Å². The standard InChI is InChI=1S/C20H27N3O6/c1-28-19(26)16-10-11-17(24)21-12-6-5-9-15(18(25)22-16)23-20(27)29-13-14-7-3-2-4-8-14/h2-4,7-8,15-16H,5-6,9-13H2,1H3,(H,21,24)(H,22,25)(H,23,27)/t15-,16-/m0/s1. The van der Waals surface area contributed by atoms with Crippen molar-refractivity contribution in [3.05, 3.63) is 35.9 Å². The summed E-state index contributed by atoms with van der Waals surface area (Å²) in [5, 5.41) is 7.90. The van der Waals surface area contributed by atoms with Crippen molar-refractivity contribution in [2.45, 2.75) is 50.8 Å². The van der Waals surface area contributed by atoms with Crippen molar-refractivity contribution in [3.8, 4) is 0 Å². The molecule has 1 fully saturated rings. The molecule has 0 unspecified atom stereocenters. The molecule has 9 heteroatoms. The summed E-state index contributed by atoms with van der Waals surface area (Å²) in [6, 6.07) is 7.35. The van der Waals surface area contributed by atoms with Crippen LogP contribution in [0.1, 0.15) is 37.7 Å². The van der Waals surface area contributed by atoms with E-state index in [0.29, 0.717) is 25.8 Å². The molecule has 0 spiro atoms. The zero-order valence-electron chi connectivity index (χ0n) is 16.4. The van der Waals surface area contributed by atoms with Gasteiger partial charge in [0.1, 0.15) is 18.7 Å². The molecule has 0 aliphatic carbocycles. The summed E-state index contributed by atoms with van der Waals surface area (Å²) in [6.07, 6.45) is 1.07. The van der Waals surface area contributed by atoms with Crippen molar-refractivity contribution in [3.63, 3.8) is 0 Å². The minimum atomic E-state index is -0.970. The number of rotatable bonds is 4. The lowest BCUT2D eigenvalue weighted by Crippen LogP contribution is -2.52. The molecule has 2 atom stereocenters. The highest BCUT2D eigenvalue weighted by atomic mass is 16.5. The van der Waals surface area contributed by atoms with Gasteiger partial charge in [-0.1, -0.05) is 30.3 Å². The van der Waals surface area contributed by atoms with Gasteiger partial charge < -0.3 is 25.4 Å². The van der Waals surface area contributed by atoms with Crippen LogP contribution in [0.15, 0.2) is 30.3 Å². The van der Waals surface area contributed by atoms with Crippen LogP contribution < -0.4 is 16.0 Å². The van der Waals surface area contributed by atoms with E-state index in [4.69, 9.17) is 9.47 Å². The van der Waals surface area contributed by atoms with Crippen LogP contribution in [0.2, 0.25) is 0 Å². The second-order valence-electron chi connectivity index (χ2n) is 6.73. The Kier molecular flexibility index (Phi) is 8.94. The van der Waals surface area contributed by atoms with Crippen LogP contribution in [0.4, 0.5) is 4.79 Å². The van der Waals surface area contributed by atoms with Crippen molar-refractivity contribution < 1.29 is 28.7 Å². The molecule has 29 heavy (non-hydrogen) atoms. The Morgan fingerprint density at radius 3 is 2.62 bits per heavy atom. The maximum absolute atomic E-state index is 12.7. The minimum Gasteiger partial charge on any atom is -0.467 e. The molecule has 1 aliphatic rings. The van der Waals surface area contributed by atoms with Gasteiger partial charge >= 0.3 is 12.1 Å². The smallest absolute Gasteiger partial charge is 0.408 e. The third-order valence-corrected chi connectivity index (χ3v) is 4.53. The quantitative estimate of drug-likeness (QED) is 0.643. The monoisotopic (exact) mass is 405 g/mol. The van der Waals surface area contributed by atoms with Gasteiger partial charge in [-0.3, -0.25) is 9.59 Å². The highest BCUT2D eigenvalue weighted by molar-refractivity contribution is 5.90. The molecule has 0 aromatic heterocycles. The Bertz CT molecular complexity index is 709. The first-order chi connectivity index (χ1) is 14.0. The average Bonchev–Trinajstić information content (AvgIpc) is 2.73. The molecular weight excluding hydrogens is 378 g/mol. The fourth-order valence-corrected chi connectivity index (χ4v) is 2.90. The molecule has 1 aromatic rings. The van der Waals surface area contributed by atoms with Gasteiger partial charge in [-0.15, -0.1) is 0 Å². The zero-order chi connectivity index (χ0) is 21.1. The van der Waals surface area contributed by atoms with Crippen LogP contribution in [0.25, 0.3) is 0 Å². The van der Waals surface area contributed by atoms with Crippen LogP contribution in [0, 0.1) is 0 Å². The fraction of sp³-hybridized carbons (Fsp3) is 0.500. The lowest BCUT2D eigenvalue weighted by atomic mass is 10.1. The summed E-state index contributed by atoms with van der Waals surface area (Å²) in [4.78, 5) is 48.6. The third kappa shape index (κ3) is 7.81. The summed E-state index contributed by atoms with van der Waals surface area (Å²) < 4.78 is 9.89. The molecular formula is C20H27N3O6. The molecule has 1 heterocycles. The molecule has 0 saturated carbocycles. The Balaban J connectivity index is 1.99. The van der Waals surface area contributed by atoms with Crippen molar-refractivity contribution in [1.29, 1.82) is 0 Å². The van der Waals surface area contributed by atoms with Crippen LogP contribution in [-0.4, -0.2) is 49.6 Å². The summed E-state index contributed by atoms with van der Waals surface area (Å²) in [6.45, 7) is 0.548. The number of alkyl carbamates (subject to hydrolysis) is 1. The lowest BCUT2D eigenvalue weighted by Gasteiger charge is -2.23. The predicted molar refractivity (Wildman–Crippen MR) is 104 cm³/mol. The minimum absolute atomic E-state index is 0.0806. The van der Waals surface area contributed by atoms with E-state index in [-0.39, 0.29) is 25.4 Å². The van der Waals surface area contributed by atoms with Gasteiger partial charge in [-0.05, 0) is 31.2 Å². The molecule has 3 amide bonds. The Morgan fingerprint density at radius 2 is 1.90 bits per heavy atom. The first kappa shape index (κ1) is 22.2. The second kappa shape index (κ2) is 11.7. The second-order valence-corrected chi connectivity index (χ2v) is 6.73. The van der Waals surface area contributed by atoms with Crippen molar-refractivity contribution in [1.82, 2.24) is 16.0 Å². The van der Waals surface area contributed by atoms with Gasteiger partial charge in [0, 0.05) is 13.0 Å².